The Morgan fingerprint density at radius 1 is 1.53 bits per heavy atom. The topological polar surface area (TPSA) is 65.4 Å². The Kier molecular flexibility index (Phi) is 4.79. The standard InChI is InChI=1S/C12H18ClN3O3/c1-18-10(19-2)6-14-11-9(13)5-15-16(12(11)17)7-8-3-4-8/h5,8,10,14H,3-4,6-7H2,1-2H3. The molecule has 2 rings (SSSR count). The first-order valence-electron chi connectivity index (χ1n) is 6.20. The first-order chi connectivity index (χ1) is 9.15. The molecule has 0 amide bonds. The zero-order valence-electron chi connectivity index (χ0n) is 11.1. The van der Waals surface area contributed by atoms with Crippen LogP contribution in [0.1, 0.15) is 12.8 Å². The summed E-state index contributed by atoms with van der Waals surface area (Å²) < 4.78 is 11.6. The van der Waals surface area contributed by atoms with Gasteiger partial charge in [0.15, 0.2) is 6.29 Å². The Morgan fingerprint density at radius 3 is 2.79 bits per heavy atom. The van der Waals surface area contributed by atoms with Gasteiger partial charge in [-0.2, -0.15) is 5.10 Å². The Balaban J connectivity index is 2.11. The molecule has 0 saturated heterocycles. The molecule has 1 fully saturated rings. The van der Waals surface area contributed by atoms with E-state index in [0.717, 1.165) is 12.8 Å². The molecule has 19 heavy (non-hydrogen) atoms. The van der Waals surface area contributed by atoms with Crippen LogP contribution in [0.25, 0.3) is 0 Å². The molecule has 0 spiro atoms. The molecule has 1 heterocycles. The largest absolute Gasteiger partial charge is 0.374 e. The lowest BCUT2D eigenvalue weighted by Gasteiger charge is -2.15. The van der Waals surface area contributed by atoms with Crippen LogP contribution in [0.4, 0.5) is 5.69 Å². The normalized spacial score (nSPS) is 14.9. The summed E-state index contributed by atoms with van der Waals surface area (Å²) in [5, 5.41) is 7.33. The highest BCUT2D eigenvalue weighted by Gasteiger charge is 2.23. The second kappa shape index (κ2) is 6.36. The maximum atomic E-state index is 12.2. The number of aromatic nitrogens is 2. The van der Waals surface area contributed by atoms with Crippen molar-refractivity contribution in [2.75, 3.05) is 26.1 Å². The monoisotopic (exact) mass is 287 g/mol. The lowest BCUT2D eigenvalue weighted by Crippen LogP contribution is -2.30. The molecule has 0 bridgehead atoms. The Bertz CT molecular complexity index is 484. The van der Waals surface area contributed by atoms with Crippen molar-refractivity contribution < 1.29 is 9.47 Å². The minimum atomic E-state index is -0.430. The van der Waals surface area contributed by atoms with Gasteiger partial charge in [0.05, 0.1) is 17.8 Å². The number of ether oxygens (including phenoxy) is 2. The van der Waals surface area contributed by atoms with Crippen molar-refractivity contribution in [3.8, 4) is 0 Å². The molecule has 0 aliphatic heterocycles. The summed E-state index contributed by atoms with van der Waals surface area (Å²) in [5.74, 6) is 0.574. The van der Waals surface area contributed by atoms with Crippen molar-refractivity contribution in [1.29, 1.82) is 0 Å². The van der Waals surface area contributed by atoms with E-state index in [-0.39, 0.29) is 5.56 Å². The van der Waals surface area contributed by atoms with Crippen LogP contribution >= 0.6 is 11.6 Å². The fourth-order valence-corrected chi connectivity index (χ4v) is 1.94. The molecular weight excluding hydrogens is 270 g/mol. The summed E-state index contributed by atoms with van der Waals surface area (Å²) in [6.07, 6.45) is 3.38. The molecule has 1 aromatic heterocycles. The second-order valence-electron chi connectivity index (χ2n) is 4.58. The van der Waals surface area contributed by atoms with Crippen LogP contribution in [-0.4, -0.2) is 36.8 Å². The molecule has 1 saturated carbocycles. The van der Waals surface area contributed by atoms with Gasteiger partial charge in [0.1, 0.15) is 5.69 Å². The minimum Gasteiger partial charge on any atom is -0.374 e. The summed E-state index contributed by atoms with van der Waals surface area (Å²) in [6, 6.07) is 0. The van der Waals surface area contributed by atoms with Crippen LogP contribution in [0, 0.1) is 5.92 Å². The van der Waals surface area contributed by atoms with Crippen molar-refractivity contribution in [2.24, 2.45) is 5.92 Å². The molecule has 106 valence electrons. The number of rotatable bonds is 7. The maximum absolute atomic E-state index is 12.2. The van der Waals surface area contributed by atoms with Crippen molar-refractivity contribution >= 4 is 17.3 Å². The Hall–Kier alpha value is -1.11. The van der Waals surface area contributed by atoms with E-state index in [4.69, 9.17) is 21.1 Å². The number of hydrogen-bond acceptors (Lipinski definition) is 5. The van der Waals surface area contributed by atoms with E-state index >= 15 is 0 Å². The number of methoxy groups -OCH3 is 2. The van der Waals surface area contributed by atoms with E-state index in [1.807, 2.05) is 0 Å². The van der Waals surface area contributed by atoms with Gasteiger partial charge in [-0.3, -0.25) is 4.79 Å². The Labute approximate surface area is 116 Å². The average Bonchev–Trinajstić information content (AvgIpc) is 3.21. The van der Waals surface area contributed by atoms with Gasteiger partial charge < -0.3 is 14.8 Å². The number of anilines is 1. The average molecular weight is 288 g/mol. The van der Waals surface area contributed by atoms with Crippen molar-refractivity contribution in [3.05, 3.63) is 21.6 Å². The number of halogens is 1. The summed E-state index contributed by atoms with van der Waals surface area (Å²) in [6.45, 7) is 0.998. The molecule has 0 radical (unpaired) electrons. The summed E-state index contributed by atoms with van der Waals surface area (Å²) >= 11 is 6.00. The zero-order chi connectivity index (χ0) is 13.8. The molecule has 7 heteroatoms. The second-order valence-corrected chi connectivity index (χ2v) is 4.99. The first kappa shape index (κ1) is 14.3. The molecule has 0 atom stereocenters. The van der Waals surface area contributed by atoms with E-state index in [1.165, 1.54) is 25.1 Å². The molecule has 0 aromatic carbocycles. The van der Waals surface area contributed by atoms with Gasteiger partial charge in [-0.1, -0.05) is 11.6 Å². The van der Waals surface area contributed by atoms with Crippen LogP contribution in [0.2, 0.25) is 5.02 Å². The van der Waals surface area contributed by atoms with E-state index in [0.29, 0.717) is 29.7 Å². The van der Waals surface area contributed by atoms with Crippen LogP contribution in [0.3, 0.4) is 0 Å². The van der Waals surface area contributed by atoms with Crippen molar-refractivity contribution in [2.45, 2.75) is 25.7 Å². The minimum absolute atomic E-state index is 0.203. The SMILES string of the molecule is COC(CNc1c(Cl)cnn(CC2CC2)c1=O)OC. The van der Waals surface area contributed by atoms with Gasteiger partial charge in [0, 0.05) is 20.8 Å². The summed E-state index contributed by atoms with van der Waals surface area (Å²) in [7, 11) is 3.07. The van der Waals surface area contributed by atoms with Crippen LogP contribution < -0.4 is 10.9 Å². The molecular formula is C12H18ClN3O3. The third-order valence-corrected chi connectivity index (χ3v) is 3.38. The fraction of sp³-hybridized carbons (Fsp3) is 0.667. The third kappa shape index (κ3) is 3.68. The zero-order valence-corrected chi connectivity index (χ0v) is 11.8. The van der Waals surface area contributed by atoms with Gasteiger partial charge in [0.2, 0.25) is 0 Å². The van der Waals surface area contributed by atoms with E-state index in [1.54, 1.807) is 0 Å². The maximum Gasteiger partial charge on any atom is 0.291 e. The van der Waals surface area contributed by atoms with Gasteiger partial charge in [-0.25, -0.2) is 4.68 Å². The predicted molar refractivity (Wildman–Crippen MR) is 72.5 cm³/mol. The van der Waals surface area contributed by atoms with Gasteiger partial charge in [-0.05, 0) is 18.8 Å². The van der Waals surface area contributed by atoms with Gasteiger partial charge >= 0.3 is 0 Å². The van der Waals surface area contributed by atoms with Gasteiger partial charge in [0.25, 0.3) is 5.56 Å². The highest BCUT2D eigenvalue weighted by molar-refractivity contribution is 6.32. The van der Waals surface area contributed by atoms with Crippen LogP contribution in [0.5, 0.6) is 0 Å². The van der Waals surface area contributed by atoms with Crippen molar-refractivity contribution in [3.63, 3.8) is 0 Å². The molecule has 0 unspecified atom stereocenters. The smallest absolute Gasteiger partial charge is 0.291 e. The molecule has 1 N–H and O–H groups in total. The summed E-state index contributed by atoms with van der Waals surface area (Å²) in [5.41, 5.74) is 0.141. The highest BCUT2D eigenvalue weighted by atomic mass is 35.5. The lowest BCUT2D eigenvalue weighted by molar-refractivity contribution is -0.0914. The number of nitrogens with one attached hydrogen (secondary N) is 1. The first-order valence-corrected chi connectivity index (χ1v) is 6.58. The van der Waals surface area contributed by atoms with E-state index in [2.05, 4.69) is 10.4 Å². The van der Waals surface area contributed by atoms with Gasteiger partial charge in [-0.15, -0.1) is 0 Å². The predicted octanol–water partition coefficient (Wildman–Crippen LogP) is 1.34. The van der Waals surface area contributed by atoms with Crippen LogP contribution in [0.15, 0.2) is 11.0 Å². The molecule has 1 aliphatic carbocycles. The number of hydrogen-bond donors (Lipinski definition) is 1. The lowest BCUT2D eigenvalue weighted by atomic mass is 10.4. The van der Waals surface area contributed by atoms with Crippen molar-refractivity contribution in [1.82, 2.24) is 9.78 Å². The Morgan fingerprint density at radius 2 is 2.21 bits per heavy atom. The molecule has 6 nitrogen and oxygen atoms in total. The molecule has 1 aromatic rings. The third-order valence-electron chi connectivity index (χ3n) is 3.10. The summed E-state index contributed by atoms with van der Waals surface area (Å²) in [4.78, 5) is 12.2. The molecule has 1 aliphatic rings. The quantitative estimate of drug-likeness (QED) is 0.767. The number of nitrogens with zero attached hydrogens (tertiary/aromatic N) is 2. The van der Waals surface area contributed by atoms with E-state index < -0.39 is 6.29 Å². The van der Waals surface area contributed by atoms with E-state index in [9.17, 15) is 4.79 Å². The van der Waals surface area contributed by atoms with Crippen LogP contribution in [-0.2, 0) is 16.0 Å². The fourth-order valence-electron chi connectivity index (χ4n) is 1.75. The highest BCUT2D eigenvalue weighted by Crippen LogP contribution is 2.30.